The van der Waals surface area contributed by atoms with Crippen LogP contribution in [-0.4, -0.2) is 38.6 Å². The predicted octanol–water partition coefficient (Wildman–Crippen LogP) is -0.607. The molecule has 0 amide bonds. The SMILES string of the molecule is OC1(Cn2cncn2)CCNCC1. The summed E-state index contributed by atoms with van der Waals surface area (Å²) in [7, 11) is 0. The van der Waals surface area contributed by atoms with Crippen molar-refractivity contribution in [2.75, 3.05) is 13.1 Å². The molecule has 0 atom stereocenters. The molecule has 1 aromatic heterocycles. The van der Waals surface area contributed by atoms with Gasteiger partial charge in [-0.25, -0.2) is 4.98 Å². The second-order valence-electron chi connectivity index (χ2n) is 3.57. The number of piperidine rings is 1. The lowest BCUT2D eigenvalue weighted by molar-refractivity contribution is -0.00831. The van der Waals surface area contributed by atoms with Crippen molar-refractivity contribution in [2.24, 2.45) is 0 Å². The van der Waals surface area contributed by atoms with Crippen LogP contribution in [0.2, 0.25) is 0 Å². The Kier molecular flexibility index (Phi) is 2.28. The lowest BCUT2D eigenvalue weighted by Gasteiger charge is -2.32. The Labute approximate surface area is 76.8 Å². The van der Waals surface area contributed by atoms with Crippen molar-refractivity contribution in [1.29, 1.82) is 0 Å². The van der Waals surface area contributed by atoms with Gasteiger partial charge >= 0.3 is 0 Å². The van der Waals surface area contributed by atoms with E-state index in [1.807, 2.05) is 0 Å². The highest BCUT2D eigenvalue weighted by molar-refractivity contribution is 4.84. The summed E-state index contributed by atoms with van der Waals surface area (Å²) in [5, 5.41) is 17.3. The fraction of sp³-hybridized carbons (Fsp3) is 0.750. The lowest BCUT2D eigenvalue weighted by atomic mass is 9.93. The molecule has 1 aliphatic heterocycles. The molecule has 5 nitrogen and oxygen atoms in total. The highest BCUT2D eigenvalue weighted by Crippen LogP contribution is 2.19. The number of aromatic nitrogens is 3. The van der Waals surface area contributed by atoms with Crippen LogP contribution in [0.4, 0.5) is 0 Å². The van der Waals surface area contributed by atoms with Gasteiger partial charge in [-0.3, -0.25) is 4.68 Å². The zero-order valence-electron chi connectivity index (χ0n) is 7.48. The summed E-state index contributed by atoms with van der Waals surface area (Å²) < 4.78 is 1.69. The molecule has 5 heteroatoms. The third-order valence-electron chi connectivity index (χ3n) is 2.46. The summed E-state index contributed by atoms with van der Waals surface area (Å²) in [6, 6.07) is 0. The Hall–Kier alpha value is -0.940. The van der Waals surface area contributed by atoms with Gasteiger partial charge in [-0.15, -0.1) is 0 Å². The molecule has 2 heterocycles. The normalized spacial score (nSPS) is 21.6. The third kappa shape index (κ3) is 2.05. The highest BCUT2D eigenvalue weighted by atomic mass is 16.3. The molecule has 1 fully saturated rings. The van der Waals surface area contributed by atoms with Crippen LogP contribution in [0.25, 0.3) is 0 Å². The quantitative estimate of drug-likeness (QED) is 0.640. The molecular weight excluding hydrogens is 168 g/mol. The number of nitrogens with zero attached hydrogens (tertiary/aromatic N) is 3. The topological polar surface area (TPSA) is 63.0 Å². The van der Waals surface area contributed by atoms with Crippen molar-refractivity contribution in [3.63, 3.8) is 0 Å². The van der Waals surface area contributed by atoms with E-state index in [1.165, 1.54) is 6.33 Å². The molecule has 2 rings (SSSR count). The van der Waals surface area contributed by atoms with Crippen LogP contribution in [0.15, 0.2) is 12.7 Å². The predicted molar refractivity (Wildman–Crippen MR) is 47.1 cm³/mol. The van der Waals surface area contributed by atoms with E-state index in [2.05, 4.69) is 15.4 Å². The van der Waals surface area contributed by atoms with Gasteiger partial charge < -0.3 is 10.4 Å². The molecule has 0 bridgehead atoms. The molecule has 0 spiro atoms. The second-order valence-corrected chi connectivity index (χ2v) is 3.57. The standard InChI is InChI=1S/C8H14N4O/c13-8(1-3-9-4-2-8)5-12-7-10-6-11-12/h6-7,9,13H,1-5H2. The first-order valence-electron chi connectivity index (χ1n) is 4.54. The molecule has 0 radical (unpaired) electrons. The summed E-state index contributed by atoms with van der Waals surface area (Å²) in [5.41, 5.74) is -0.598. The fourth-order valence-electron chi connectivity index (χ4n) is 1.67. The van der Waals surface area contributed by atoms with E-state index in [1.54, 1.807) is 11.0 Å². The van der Waals surface area contributed by atoms with Crippen molar-refractivity contribution >= 4 is 0 Å². The smallest absolute Gasteiger partial charge is 0.137 e. The van der Waals surface area contributed by atoms with Crippen LogP contribution in [0.5, 0.6) is 0 Å². The molecule has 0 aliphatic carbocycles. The van der Waals surface area contributed by atoms with Gasteiger partial charge in [0.2, 0.25) is 0 Å². The molecule has 1 aliphatic rings. The van der Waals surface area contributed by atoms with Gasteiger partial charge in [0.05, 0.1) is 12.1 Å². The Morgan fingerprint density at radius 1 is 1.46 bits per heavy atom. The van der Waals surface area contributed by atoms with Gasteiger partial charge in [0.1, 0.15) is 12.7 Å². The molecule has 72 valence electrons. The zero-order chi connectivity index (χ0) is 9.15. The summed E-state index contributed by atoms with van der Waals surface area (Å²) in [4.78, 5) is 3.84. The summed E-state index contributed by atoms with van der Waals surface area (Å²) in [6.07, 6.45) is 4.70. The monoisotopic (exact) mass is 182 g/mol. The van der Waals surface area contributed by atoms with Crippen LogP contribution < -0.4 is 5.32 Å². The van der Waals surface area contributed by atoms with E-state index in [9.17, 15) is 5.11 Å². The maximum absolute atomic E-state index is 10.1. The van der Waals surface area contributed by atoms with E-state index in [4.69, 9.17) is 0 Å². The van der Waals surface area contributed by atoms with E-state index < -0.39 is 5.60 Å². The van der Waals surface area contributed by atoms with Gasteiger partial charge in [-0.05, 0) is 25.9 Å². The number of nitrogens with one attached hydrogen (secondary N) is 1. The first kappa shape index (κ1) is 8.65. The van der Waals surface area contributed by atoms with Gasteiger partial charge in [0, 0.05) is 0 Å². The van der Waals surface area contributed by atoms with Crippen molar-refractivity contribution in [2.45, 2.75) is 25.0 Å². The van der Waals surface area contributed by atoms with Crippen LogP contribution in [0.1, 0.15) is 12.8 Å². The maximum Gasteiger partial charge on any atom is 0.137 e. The maximum atomic E-state index is 10.1. The minimum absolute atomic E-state index is 0.550. The molecule has 2 N–H and O–H groups in total. The zero-order valence-corrected chi connectivity index (χ0v) is 7.48. The minimum Gasteiger partial charge on any atom is -0.388 e. The van der Waals surface area contributed by atoms with Gasteiger partial charge in [0.15, 0.2) is 0 Å². The molecule has 0 unspecified atom stereocenters. The van der Waals surface area contributed by atoms with Crippen LogP contribution >= 0.6 is 0 Å². The van der Waals surface area contributed by atoms with Crippen LogP contribution in [0, 0.1) is 0 Å². The van der Waals surface area contributed by atoms with Gasteiger partial charge in [-0.1, -0.05) is 0 Å². The largest absolute Gasteiger partial charge is 0.388 e. The van der Waals surface area contributed by atoms with Crippen LogP contribution in [-0.2, 0) is 6.54 Å². The third-order valence-corrected chi connectivity index (χ3v) is 2.46. The molecule has 1 saturated heterocycles. The van der Waals surface area contributed by atoms with E-state index in [0.29, 0.717) is 6.54 Å². The lowest BCUT2D eigenvalue weighted by Crippen LogP contribution is -2.44. The van der Waals surface area contributed by atoms with Crippen molar-refractivity contribution in [3.8, 4) is 0 Å². The fourth-order valence-corrected chi connectivity index (χ4v) is 1.67. The summed E-state index contributed by atoms with van der Waals surface area (Å²) in [5.74, 6) is 0. The molecule has 0 aromatic carbocycles. The molecular formula is C8H14N4O. The average Bonchev–Trinajstić information content (AvgIpc) is 2.57. The van der Waals surface area contributed by atoms with E-state index in [0.717, 1.165) is 25.9 Å². The number of rotatable bonds is 2. The number of hydrogen-bond donors (Lipinski definition) is 2. The Morgan fingerprint density at radius 3 is 2.85 bits per heavy atom. The first-order chi connectivity index (χ1) is 6.29. The Bertz CT molecular complexity index is 253. The van der Waals surface area contributed by atoms with E-state index >= 15 is 0 Å². The Balaban J connectivity index is 1.99. The molecule has 0 saturated carbocycles. The Morgan fingerprint density at radius 2 is 2.23 bits per heavy atom. The van der Waals surface area contributed by atoms with Crippen LogP contribution in [0.3, 0.4) is 0 Å². The van der Waals surface area contributed by atoms with Crippen molar-refractivity contribution in [1.82, 2.24) is 20.1 Å². The average molecular weight is 182 g/mol. The van der Waals surface area contributed by atoms with Crippen molar-refractivity contribution < 1.29 is 5.11 Å². The summed E-state index contributed by atoms with van der Waals surface area (Å²) >= 11 is 0. The minimum atomic E-state index is -0.598. The highest BCUT2D eigenvalue weighted by Gasteiger charge is 2.29. The van der Waals surface area contributed by atoms with Gasteiger partial charge in [-0.2, -0.15) is 5.10 Å². The van der Waals surface area contributed by atoms with Crippen molar-refractivity contribution in [3.05, 3.63) is 12.7 Å². The first-order valence-corrected chi connectivity index (χ1v) is 4.54. The summed E-state index contributed by atoms with van der Waals surface area (Å²) in [6.45, 7) is 2.31. The number of hydrogen-bond acceptors (Lipinski definition) is 4. The second kappa shape index (κ2) is 3.43. The van der Waals surface area contributed by atoms with Gasteiger partial charge in [0.25, 0.3) is 0 Å². The molecule has 1 aromatic rings. The molecule has 13 heavy (non-hydrogen) atoms. The number of aliphatic hydroxyl groups is 1. The van der Waals surface area contributed by atoms with E-state index in [-0.39, 0.29) is 0 Å².